The fourth-order valence-corrected chi connectivity index (χ4v) is 8.84. The lowest BCUT2D eigenvalue weighted by Gasteiger charge is -2.63. The summed E-state index contributed by atoms with van der Waals surface area (Å²) in [6.07, 6.45) is 7.69. The SMILES string of the molecule is COC(=O)CCC(C)[C@H]1CCC2C3C(O)C[C@@H]4C[C@H](N)CC[C@]4(C)C3C[C@H](O)[C@@]21C. The van der Waals surface area contributed by atoms with Crippen molar-refractivity contribution in [1.82, 2.24) is 0 Å². The predicted octanol–water partition coefficient (Wildman–Crippen LogP) is 3.50. The minimum Gasteiger partial charge on any atom is -0.469 e. The molecule has 4 saturated carbocycles. The highest BCUT2D eigenvalue weighted by Gasteiger charge is 2.65. The highest BCUT2D eigenvalue weighted by Crippen LogP contribution is 2.68. The molecule has 0 radical (unpaired) electrons. The van der Waals surface area contributed by atoms with Gasteiger partial charge in [-0.25, -0.2) is 0 Å². The minimum absolute atomic E-state index is 0.150. The molecule has 0 bridgehead atoms. The Morgan fingerprint density at radius 2 is 1.87 bits per heavy atom. The molecule has 172 valence electrons. The van der Waals surface area contributed by atoms with Gasteiger partial charge in [-0.3, -0.25) is 4.79 Å². The number of fused-ring (bicyclic) bond motifs is 5. The molecule has 4 rings (SSSR count). The summed E-state index contributed by atoms with van der Waals surface area (Å²) < 4.78 is 4.84. The quantitative estimate of drug-likeness (QED) is 0.604. The van der Waals surface area contributed by atoms with Crippen molar-refractivity contribution >= 4 is 5.97 Å². The fourth-order valence-electron chi connectivity index (χ4n) is 8.84. The Labute approximate surface area is 182 Å². The summed E-state index contributed by atoms with van der Waals surface area (Å²) in [6, 6.07) is 0.261. The molecular weight excluding hydrogens is 378 g/mol. The maximum absolute atomic E-state index is 11.7. The highest BCUT2D eigenvalue weighted by atomic mass is 16.5. The van der Waals surface area contributed by atoms with Gasteiger partial charge >= 0.3 is 5.97 Å². The Balaban J connectivity index is 1.58. The molecule has 5 heteroatoms. The van der Waals surface area contributed by atoms with Crippen LogP contribution in [0.1, 0.15) is 78.6 Å². The van der Waals surface area contributed by atoms with Crippen LogP contribution in [-0.4, -0.2) is 41.5 Å². The number of nitrogens with two attached hydrogens (primary N) is 1. The van der Waals surface area contributed by atoms with Crippen LogP contribution in [0.5, 0.6) is 0 Å². The number of rotatable bonds is 4. The van der Waals surface area contributed by atoms with E-state index in [-0.39, 0.29) is 41.0 Å². The van der Waals surface area contributed by atoms with Crippen LogP contribution in [-0.2, 0) is 9.53 Å². The summed E-state index contributed by atoms with van der Waals surface area (Å²) in [5, 5.41) is 22.9. The van der Waals surface area contributed by atoms with Gasteiger partial charge in [0.05, 0.1) is 19.3 Å². The third-order valence-electron chi connectivity index (χ3n) is 10.6. The Hall–Kier alpha value is -0.650. The Morgan fingerprint density at radius 1 is 1.13 bits per heavy atom. The second-order valence-corrected chi connectivity index (χ2v) is 11.7. The summed E-state index contributed by atoms with van der Waals surface area (Å²) in [6.45, 7) is 6.94. The zero-order chi connectivity index (χ0) is 21.8. The van der Waals surface area contributed by atoms with Crippen molar-refractivity contribution in [2.45, 2.75) is 96.8 Å². The van der Waals surface area contributed by atoms with Gasteiger partial charge in [-0.2, -0.15) is 0 Å². The lowest BCUT2D eigenvalue weighted by Crippen LogP contribution is -2.62. The van der Waals surface area contributed by atoms with Gasteiger partial charge in [-0.15, -0.1) is 0 Å². The average Bonchev–Trinajstić information content (AvgIpc) is 3.06. The molecule has 30 heavy (non-hydrogen) atoms. The van der Waals surface area contributed by atoms with Crippen molar-refractivity contribution in [1.29, 1.82) is 0 Å². The molecule has 11 atom stereocenters. The van der Waals surface area contributed by atoms with E-state index in [0.717, 1.165) is 51.4 Å². The van der Waals surface area contributed by atoms with E-state index in [2.05, 4.69) is 20.8 Å². The van der Waals surface area contributed by atoms with Crippen LogP contribution in [0, 0.1) is 46.3 Å². The summed E-state index contributed by atoms with van der Waals surface area (Å²) >= 11 is 0. The molecular formula is C25H43NO4. The summed E-state index contributed by atoms with van der Waals surface area (Å²) in [7, 11) is 1.45. The third kappa shape index (κ3) is 3.34. The number of methoxy groups -OCH3 is 1. The second kappa shape index (κ2) is 8.04. The van der Waals surface area contributed by atoms with E-state index in [1.807, 2.05) is 0 Å². The van der Waals surface area contributed by atoms with Crippen molar-refractivity contribution in [2.24, 2.45) is 52.1 Å². The zero-order valence-corrected chi connectivity index (χ0v) is 19.3. The van der Waals surface area contributed by atoms with E-state index in [4.69, 9.17) is 10.5 Å². The number of carbonyl (C=O) groups is 1. The van der Waals surface area contributed by atoms with Crippen molar-refractivity contribution in [2.75, 3.05) is 7.11 Å². The molecule has 4 aliphatic carbocycles. The monoisotopic (exact) mass is 421 g/mol. The van der Waals surface area contributed by atoms with Gasteiger partial charge in [0.25, 0.3) is 0 Å². The summed E-state index contributed by atoms with van der Waals surface area (Å²) in [5.74, 6) is 2.11. The molecule has 0 aromatic rings. The van der Waals surface area contributed by atoms with Crippen LogP contribution in [0.25, 0.3) is 0 Å². The molecule has 4 fully saturated rings. The lowest BCUT2D eigenvalue weighted by atomic mass is 9.43. The highest BCUT2D eigenvalue weighted by molar-refractivity contribution is 5.69. The van der Waals surface area contributed by atoms with Crippen LogP contribution < -0.4 is 5.73 Å². The van der Waals surface area contributed by atoms with Gasteiger partial charge in [-0.1, -0.05) is 20.8 Å². The molecule has 4 N–H and O–H groups in total. The summed E-state index contributed by atoms with van der Waals surface area (Å²) in [5.41, 5.74) is 6.31. The minimum atomic E-state index is -0.338. The number of ether oxygens (including phenoxy) is 1. The van der Waals surface area contributed by atoms with Crippen LogP contribution in [0.4, 0.5) is 0 Å². The predicted molar refractivity (Wildman–Crippen MR) is 116 cm³/mol. The van der Waals surface area contributed by atoms with E-state index >= 15 is 0 Å². The van der Waals surface area contributed by atoms with E-state index in [0.29, 0.717) is 36.0 Å². The molecule has 0 saturated heterocycles. The van der Waals surface area contributed by atoms with Crippen LogP contribution in [0.2, 0.25) is 0 Å². The smallest absolute Gasteiger partial charge is 0.305 e. The molecule has 0 aliphatic heterocycles. The Kier molecular flexibility index (Phi) is 6.04. The van der Waals surface area contributed by atoms with Gasteiger partial charge in [0.1, 0.15) is 0 Å². The van der Waals surface area contributed by atoms with Crippen molar-refractivity contribution < 1.29 is 19.7 Å². The van der Waals surface area contributed by atoms with Crippen molar-refractivity contribution in [3.63, 3.8) is 0 Å². The van der Waals surface area contributed by atoms with Crippen LogP contribution in [0.3, 0.4) is 0 Å². The first-order valence-corrected chi connectivity index (χ1v) is 12.3. The molecule has 0 aromatic heterocycles. The molecule has 5 unspecified atom stereocenters. The van der Waals surface area contributed by atoms with Crippen LogP contribution in [0.15, 0.2) is 0 Å². The van der Waals surface area contributed by atoms with Gasteiger partial charge in [0.15, 0.2) is 0 Å². The number of esters is 1. The van der Waals surface area contributed by atoms with Crippen LogP contribution >= 0.6 is 0 Å². The van der Waals surface area contributed by atoms with Gasteiger partial charge < -0.3 is 20.7 Å². The Bertz CT molecular complexity index is 655. The number of carbonyl (C=O) groups excluding carboxylic acids is 1. The standard InChI is InChI=1S/C25H43NO4/c1-14(5-8-22(29)30-4)17-6-7-18-23-19(13-21(28)25(17,18)3)24(2)10-9-16(26)11-15(24)12-20(23)27/h14-21,23,27-28H,5-13,26H2,1-4H3/t14?,15-,16+,17+,18?,19?,20?,21-,23?,24-,25+/m0/s1. The largest absolute Gasteiger partial charge is 0.469 e. The first-order chi connectivity index (χ1) is 14.1. The number of aliphatic hydroxyl groups excluding tert-OH is 2. The van der Waals surface area contributed by atoms with E-state index in [1.165, 1.54) is 7.11 Å². The maximum atomic E-state index is 11.7. The van der Waals surface area contributed by atoms with E-state index < -0.39 is 0 Å². The molecule has 5 nitrogen and oxygen atoms in total. The first kappa shape index (κ1) is 22.5. The third-order valence-corrected chi connectivity index (χ3v) is 10.6. The molecule has 4 aliphatic rings. The second-order valence-electron chi connectivity index (χ2n) is 11.7. The number of aliphatic hydroxyl groups is 2. The first-order valence-electron chi connectivity index (χ1n) is 12.3. The van der Waals surface area contributed by atoms with Crippen molar-refractivity contribution in [3.8, 4) is 0 Å². The molecule has 0 amide bonds. The van der Waals surface area contributed by atoms with Gasteiger partial charge in [0.2, 0.25) is 0 Å². The Morgan fingerprint density at radius 3 is 2.57 bits per heavy atom. The number of hydrogen-bond donors (Lipinski definition) is 3. The lowest BCUT2D eigenvalue weighted by molar-refractivity contribution is -0.202. The maximum Gasteiger partial charge on any atom is 0.305 e. The van der Waals surface area contributed by atoms with Gasteiger partial charge in [0, 0.05) is 12.5 Å². The molecule has 0 heterocycles. The summed E-state index contributed by atoms with van der Waals surface area (Å²) in [4.78, 5) is 11.7. The molecule has 0 aromatic carbocycles. The van der Waals surface area contributed by atoms with E-state index in [1.54, 1.807) is 0 Å². The fraction of sp³-hybridized carbons (Fsp3) is 0.960. The number of hydrogen-bond acceptors (Lipinski definition) is 5. The average molecular weight is 422 g/mol. The van der Waals surface area contributed by atoms with E-state index in [9.17, 15) is 15.0 Å². The topological polar surface area (TPSA) is 92.8 Å². The normalized spacial score (nSPS) is 51.4. The zero-order valence-electron chi connectivity index (χ0n) is 19.3. The van der Waals surface area contributed by atoms with Gasteiger partial charge in [-0.05, 0) is 97.7 Å². The molecule has 0 spiro atoms. The van der Waals surface area contributed by atoms with Crippen molar-refractivity contribution in [3.05, 3.63) is 0 Å².